The largest absolute Gasteiger partial charge is 0.314 e. The first-order valence-corrected chi connectivity index (χ1v) is 6.14. The fourth-order valence-electron chi connectivity index (χ4n) is 2.46. The van der Waals surface area contributed by atoms with Crippen LogP contribution in [0.3, 0.4) is 0 Å². The summed E-state index contributed by atoms with van der Waals surface area (Å²) in [4.78, 5) is 7.06. The summed E-state index contributed by atoms with van der Waals surface area (Å²) in [5, 5.41) is 3.40. The van der Waals surface area contributed by atoms with Crippen LogP contribution >= 0.6 is 0 Å². The Morgan fingerprint density at radius 1 is 1.25 bits per heavy atom. The second-order valence-corrected chi connectivity index (χ2v) is 4.73. The average molecular weight is 219 g/mol. The molecule has 1 aromatic rings. The van der Waals surface area contributed by atoms with E-state index < -0.39 is 0 Å². The molecule has 2 heterocycles. The van der Waals surface area contributed by atoms with Crippen molar-refractivity contribution in [2.75, 3.05) is 26.2 Å². The molecule has 1 atom stereocenters. The fourth-order valence-corrected chi connectivity index (χ4v) is 2.46. The molecule has 1 aromatic heterocycles. The van der Waals surface area contributed by atoms with Crippen molar-refractivity contribution >= 4 is 0 Å². The first kappa shape index (κ1) is 11.6. The zero-order valence-corrected chi connectivity index (χ0v) is 10.2. The summed E-state index contributed by atoms with van der Waals surface area (Å²) < 4.78 is 0. The standard InChI is InChI=1S/C13H21N3/c1-11(2)13(12-5-3-4-6-15-12)16-9-7-14-8-10-16/h3-6,11,13-14H,7-10H2,1-2H3/t13-/m0/s1. The van der Waals surface area contributed by atoms with Crippen molar-refractivity contribution in [3.63, 3.8) is 0 Å². The van der Waals surface area contributed by atoms with Crippen LogP contribution in [-0.4, -0.2) is 36.1 Å². The second-order valence-electron chi connectivity index (χ2n) is 4.73. The molecule has 0 aromatic carbocycles. The van der Waals surface area contributed by atoms with Gasteiger partial charge in [0.1, 0.15) is 0 Å². The number of pyridine rings is 1. The molecule has 0 spiro atoms. The highest BCUT2D eigenvalue weighted by Crippen LogP contribution is 2.26. The lowest BCUT2D eigenvalue weighted by atomic mass is 9.98. The number of nitrogens with one attached hydrogen (secondary N) is 1. The predicted molar refractivity (Wildman–Crippen MR) is 66.3 cm³/mol. The molecule has 0 bridgehead atoms. The van der Waals surface area contributed by atoms with Gasteiger partial charge in [0.05, 0.1) is 11.7 Å². The molecule has 88 valence electrons. The number of rotatable bonds is 3. The van der Waals surface area contributed by atoms with Crippen LogP contribution in [-0.2, 0) is 0 Å². The third-order valence-electron chi connectivity index (χ3n) is 3.17. The van der Waals surface area contributed by atoms with Crippen LogP contribution < -0.4 is 5.32 Å². The smallest absolute Gasteiger partial charge is 0.0578 e. The van der Waals surface area contributed by atoms with E-state index in [2.05, 4.69) is 41.2 Å². The highest BCUT2D eigenvalue weighted by atomic mass is 15.2. The maximum Gasteiger partial charge on any atom is 0.0578 e. The van der Waals surface area contributed by atoms with Gasteiger partial charge in [0.15, 0.2) is 0 Å². The molecule has 2 rings (SSSR count). The predicted octanol–water partition coefficient (Wildman–Crippen LogP) is 1.68. The monoisotopic (exact) mass is 219 g/mol. The number of aromatic nitrogens is 1. The van der Waals surface area contributed by atoms with E-state index in [1.54, 1.807) is 0 Å². The Bertz CT molecular complexity index is 304. The van der Waals surface area contributed by atoms with Gasteiger partial charge in [0.2, 0.25) is 0 Å². The second kappa shape index (κ2) is 5.41. The van der Waals surface area contributed by atoms with Gasteiger partial charge in [-0.05, 0) is 18.1 Å². The summed E-state index contributed by atoms with van der Waals surface area (Å²) in [6, 6.07) is 6.67. The normalized spacial score (nSPS) is 19.9. The van der Waals surface area contributed by atoms with Gasteiger partial charge >= 0.3 is 0 Å². The van der Waals surface area contributed by atoms with Crippen LogP contribution in [0.1, 0.15) is 25.6 Å². The van der Waals surface area contributed by atoms with Crippen molar-refractivity contribution < 1.29 is 0 Å². The summed E-state index contributed by atoms with van der Waals surface area (Å²) in [7, 11) is 0. The molecule has 16 heavy (non-hydrogen) atoms. The van der Waals surface area contributed by atoms with Gasteiger partial charge in [0.25, 0.3) is 0 Å². The molecule has 3 nitrogen and oxygen atoms in total. The minimum Gasteiger partial charge on any atom is -0.314 e. The number of hydrogen-bond donors (Lipinski definition) is 1. The van der Waals surface area contributed by atoms with Gasteiger partial charge in [-0.15, -0.1) is 0 Å². The van der Waals surface area contributed by atoms with Crippen molar-refractivity contribution in [2.45, 2.75) is 19.9 Å². The SMILES string of the molecule is CC(C)[C@@H](c1ccccn1)N1CCNCC1. The summed E-state index contributed by atoms with van der Waals surface area (Å²) >= 11 is 0. The average Bonchev–Trinajstić information content (AvgIpc) is 2.31. The van der Waals surface area contributed by atoms with E-state index in [1.165, 1.54) is 5.69 Å². The summed E-state index contributed by atoms with van der Waals surface area (Å²) in [5.41, 5.74) is 1.21. The van der Waals surface area contributed by atoms with Crippen molar-refractivity contribution in [2.24, 2.45) is 5.92 Å². The molecule has 1 aliphatic rings. The van der Waals surface area contributed by atoms with Crippen LogP contribution in [0.5, 0.6) is 0 Å². The minimum atomic E-state index is 0.461. The quantitative estimate of drug-likeness (QED) is 0.838. The van der Waals surface area contributed by atoms with Gasteiger partial charge in [0, 0.05) is 32.4 Å². The maximum atomic E-state index is 4.51. The third-order valence-corrected chi connectivity index (χ3v) is 3.17. The van der Waals surface area contributed by atoms with E-state index in [9.17, 15) is 0 Å². The third kappa shape index (κ3) is 2.60. The summed E-state index contributed by atoms with van der Waals surface area (Å²) in [6.45, 7) is 8.99. The lowest BCUT2D eigenvalue weighted by Crippen LogP contribution is -2.46. The van der Waals surface area contributed by atoms with E-state index in [4.69, 9.17) is 0 Å². The van der Waals surface area contributed by atoms with E-state index in [1.807, 2.05) is 12.3 Å². The fraction of sp³-hybridized carbons (Fsp3) is 0.615. The van der Waals surface area contributed by atoms with Gasteiger partial charge in [-0.25, -0.2) is 0 Å². The number of hydrogen-bond acceptors (Lipinski definition) is 3. The van der Waals surface area contributed by atoms with Gasteiger partial charge < -0.3 is 5.32 Å². The van der Waals surface area contributed by atoms with Gasteiger partial charge in [-0.1, -0.05) is 19.9 Å². The highest BCUT2D eigenvalue weighted by molar-refractivity contribution is 5.10. The molecular formula is C13H21N3. The Morgan fingerprint density at radius 2 is 2.00 bits per heavy atom. The highest BCUT2D eigenvalue weighted by Gasteiger charge is 2.25. The first-order chi connectivity index (χ1) is 7.79. The molecule has 0 radical (unpaired) electrons. The van der Waals surface area contributed by atoms with Crippen molar-refractivity contribution in [3.05, 3.63) is 30.1 Å². The van der Waals surface area contributed by atoms with Crippen LogP contribution in [0.4, 0.5) is 0 Å². The van der Waals surface area contributed by atoms with E-state index in [-0.39, 0.29) is 0 Å². The molecule has 1 saturated heterocycles. The van der Waals surface area contributed by atoms with Crippen molar-refractivity contribution in [1.29, 1.82) is 0 Å². The zero-order valence-electron chi connectivity index (χ0n) is 10.2. The molecule has 1 fully saturated rings. The van der Waals surface area contributed by atoms with E-state index in [0.717, 1.165) is 26.2 Å². The Labute approximate surface area is 97.9 Å². The first-order valence-electron chi connectivity index (χ1n) is 6.14. The van der Waals surface area contributed by atoms with Gasteiger partial charge in [-0.2, -0.15) is 0 Å². The molecule has 1 aliphatic heterocycles. The zero-order chi connectivity index (χ0) is 11.4. The lowest BCUT2D eigenvalue weighted by Gasteiger charge is -2.36. The van der Waals surface area contributed by atoms with Gasteiger partial charge in [-0.3, -0.25) is 9.88 Å². The Kier molecular flexibility index (Phi) is 3.91. The minimum absolute atomic E-state index is 0.461. The van der Waals surface area contributed by atoms with Crippen LogP contribution in [0.15, 0.2) is 24.4 Å². The Morgan fingerprint density at radius 3 is 2.56 bits per heavy atom. The molecule has 0 saturated carbocycles. The molecule has 0 amide bonds. The molecular weight excluding hydrogens is 198 g/mol. The van der Waals surface area contributed by atoms with Crippen LogP contribution in [0, 0.1) is 5.92 Å². The number of nitrogens with zero attached hydrogens (tertiary/aromatic N) is 2. The van der Waals surface area contributed by atoms with E-state index in [0.29, 0.717) is 12.0 Å². The molecule has 0 unspecified atom stereocenters. The Balaban J connectivity index is 2.16. The van der Waals surface area contributed by atoms with Crippen LogP contribution in [0.2, 0.25) is 0 Å². The summed E-state index contributed by atoms with van der Waals surface area (Å²) in [5.74, 6) is 0.605. The molecule has 0 aliphatic carbocycles. The summed E-state index contributed by atoms with van der Waals surface area (Å²) in [6.07, 6.45) is 1.90. The maximum absolute atomic E-state index is 4.51. The van der Waals surface area contributed by atoms with Crippen LogP contribution in [0.25, 0.3) is 0 Å². The lowest BCUT2D eigenvalue weighted by molar-refractivity contribution is 0.134. The Hall–Kier alpha value is -0.930. The molecule has 3 heteroatoms. The molecule has 1 N–H and O–H groups in total. The topological polar surface area (TPSA) is 28.2 Å². The van der Waals surface area contributed by atoms with Crippen molar-refractivity contribution in [1.82, 2.24) is 15.2 Å². The van der Waals surface area contributed by atoms with E-state index >= 15 is 0 Å². The van der Waals surface area contributed by atoms with Crippen molar-refractivity contribution in [3.8, 4) is 0 Å². The number of piperazine rings is 1.